The Morgan fingerprint density at radius 3 is 2.60 bits per heavy atom. The number of nitrogens with zero attached hydrogens (tertiary/aromatic N) is 1. The van der Waals surface area contributed by atoms with Crippen molar-refractivity contribution in [3.8, 4) is 5.75 Å². The fraction of sp³-hybridized carbons (Fsp3) is 0.500. The van der Waals surface area contributed by atoms with E-state index < -0.39 is 13.0 Å². The van der Waals surface area contributed by atoms with Crippen LogP contribution >= 0.6 is 0 Å². The topological polar surface area (TPSA) is 42.4 Å². The van der Waals surface area contributed by atoms with Crippen molar-refractivity contribution < 1.29 is 18.6 Å². The maximum atomic E-state index is 12.0. The lowest BCUT2D eigenvalue weighted by atomic mass is 10.1. The van der Waals surface area contributed by atoms with E-state index in [1.165, 1.54) is 6.20 Å². The minimum atomic E-state index is -2.52. The normalized spacial score (nSPS) is 10.7. The second kappa shape index (κ2) is 5.60. The second-order valence-electron chi connectivity index (χ2n) is 3.00. The molecule has 0 aliphatic carbocycles. The largest absolute Gasteiger partial charge is 0.487 e. The molecule has 0 spiro atoms. The van der Waals surface area contributed by atoms with Crippen LogP contribution in [0.1, 0.15) is 18.1 Å². The maximum absolute atomic E-state index is 12.0. The van der Waals surface area contributed by atoms with Crippen LogP contribution in [0.3, 0.4) is 0 Å². The standard InChI is InChI=1S/C10H13F2NO2/c1-2-7-3-13-4-8(5-14)10(7)15-6-9(11)12/h3-4,9,14H,2,5-6H2,1H3. The number of halogens is 2. The van der Waals surface area contributed by atoms with Crippen molar-refractivity contribution in [1.29, 1.82) is 0 Å². The summed E-state index contributed by atoms with van der Waals surface area (Å²) in [6.07, 6.45) is 1.08. The van der Waals surface area contributed by atoms with Crippen LogP contribution in [-0.4, -0.2) is 23.1 Å². The smallest absolute Gasteiger partial charge is 0.272 e. The van der Waals surface area contributed by atoms with Gasteiger partial charge in [0.05, 0.1) is 6.61 Å². The number of rotatable bonds is 5. The van der Waals surface area contributed by atoms with Crippen molar-refractivity contribution in [1.82, 2.24) is 4.98 Å². The van der Waals surface area contributed by atoms with Gasteiger partial charge in [-0.25, -0.2) is 8.78 Å². The highest BCUT2D eigenvalue weighted by molar-refractivity contribution is 5.38. The summed E-state index contributed by atoms with van der Waals surface area (Å²) in [7, 11) is 0. The number of aliphatic hydroxyl groups excluding tert-OH is 1. The van der Waals surface area contributed by atoms with Crippen molar-refractivity contribution in [2.24, 2.45) is 0 Å². The number of ether oxygens (including phenoxy) is 1. The minimum absolute atomic E-state index is 0.264. The molecule has 0 amide bonds. The summed E-state index contributed by atoms with van der Waals surface area (Å²) in [5.74, 6) is 0.329. The van der Waals surface area contributed by atoms with Crippen molar-refractivity contribution in [2.45, 2.75) is 26.4 Å². The molecule has 0 bridgehead atoms. The summed E-state index contributed by atoms with van der Waals surface area (Å²) in [5, 5.41) is 9.00. The predicted molar refractivity (Wildman–Crippen MR) is 51.0 cm³/mol. The van der Waals surface area contributed by atoms with Crippen molar-refractivity contribution in [3.63, 3.8) is 0 Å². The first-order chi connectivity index (χ1) is 7.19. The van der Waals surface area contributed by atoms with E-state index in [9.17, 15) is 8.78 Å². The van der Waals surface area contributed by atoms with E-state index >= 15 is 0 Å². The zero-order valence-corrected chi connectivity index (χ0v) is 8.41. The highest BCUT2D eigenvalue weighted by Crippen LogP contribution is 2.23. The Bertz CT molecular complexity index is 296. The van der Waals surface area contributed by atoms with Crippen LogP contribution in [0.5, 0.6) is 5.75 Å². The van der Waals surface area contributed by atoms with Gasteiger partial charge in [-0.05, 0) is 6.42 Å². The third kappa shape index (κ3) is 3.13. The maximum Gasteiger partial charge on any atom is 0.272 e. The van der Waals surface area contributed by atoms with Gasteiger partial charge in [0.15, 0.2) is 0 Å². The fourth-order valence-electron chi connectivity index (χ4n) is 1.24. The number of alkyl halides is 2. The molecular weight excluding hydrogens is 204 g/mol. The Morgan fingerprint density at radius 1 is 1.40 bits per heavy atom. The Hall–Kier alpha value is -1.23. The summed E-state index contributed by atoms with van der Waals surface area (Å²) >= 11 is 0. The molecular formula is C10H13F2NO2. The summed E-state index contributed by atoms with van der Waals surface area (Å²) in [6, 6.07) is 0. The van der Waals surface area contributed by atoms with Gasteiger partial charge in [0, 0.05) is 23.5 Å². The highest BCUT2D eigenvalue weighted by atomic mass is 19.3. The van der Waals surface area contributed by atoms with Gasteiger partial charge in [-0.1, -0.05) is 6.92 Å². The molecule has 84 valence electrons. The molecule has 3 nitrogen and oxygen atoms in total. The predicted octanol–water partition coefficient (Wildman–Crippen LogP) is 1.78. The number of aryl methyl sites for hydroxylation is 1. The zero-order valence-electron chi connectivity index (χ0n) is 8.41. The molecule has 0 unspecified atom stereocenters. The van der Waals surface area contributed by atoms with Crippen LogP contribution in [-0.2, 0) is 13.0 Å². The molecule has 1 heterocycles. The molecule has 1 N–H and O–H groups in total. The number of aromatic nitrogens is 1. The van der Waals surface area contributed by atoms with Gasteiger partial charge in [-0.2, -0.15) is 0 Å². The number of pyridine rings is 1. The van der Waals surface area contributed by atoms with E-state index in [0.29, 0.717) is 17.7 Å². The Labute approximate surface area is 86.7 Å². The molecule has 0 saturated carbocycles. The second-order valence-corrected chi connectivity index (χ2v) is 3.00. The van der Waals surface area contributed by atoms with E-state index in [1.807, 2.05) is 6.92 Å². The van der Waals surface area contributed by atoms with Gasteiger partial charge in [0.25, 0.3) is 6.43 Å². The number of hydrogen-bond donors (Lipinski definition) is 1. The van der Waals surface area contributed by atoms with Crippen LogP contribution in [0.4, 0.5) is 8.78 Å². The monoisotopic (exact) mass is 217 g/mol. The van der Waals surface area contributed by atoms with Gasteiger partial charge in [-0.3, -0.25) is 4.98 Å². The molecule has 0 saturated heterocycles. The first-order valence-corrected chi connectivity index (χ1v) is 4.66. The molecule has 1 aromatic rings. The molecule has 0 aliphatic rings. The molecule has 0 fully saturated rings. The SMILES string of the molecule is CCc1cncc(CO)c1OCC(F)F. The van der Waals surface area contributed by atoms with Gasteiger partial charge in [-0.15, -0.1) is 0 Å². The van der Waals surface area contributed by atoms with Gasteiger partial charge >= 0.3 is 0 Å². The summed E-state index contributed by atoms with van der Waals surface area (Å²) in [4.78, 5) is 3.89. The van der Waals surface area contributed by atoms with Crippen LogP contribution in [0.25, 0.3) is 0 Å². The van der Waals surface area contributed by atoms with Gasteiger partial charge < -0.3 is 9.84 Å². The van der Waals surface area contributed by atoms with Crippen LogP contribution in [0, 0.1) is 0 Å². The molecule has 1 rings (SSSR count). The molecule has 0 aromatic carbocycles. The van der Waals surface area contributed by atoms with E-state index in [0.717, 1.165) is 5.56 Å². The van der Waals surface area contributed by atoms with E-state index in [-0.39, 0.29) is 6.61 Å². The van der Waals surface area contributed by atoms with E-state index in [4.69, 9.17) is 9.84 Å². The first-order valence-electron chi connectivity index (χ1n) is 4.66. The van der Waals surface area contributed by atoms with Crippen LogP contribution in [0.2, 0.25) is 0 Å². The summed E-state index contributed by atoms with van der Waals surface area (Å²) in [5.41, 5.74) is 1.16. The molecule has 1 aromatic heterocycles. The first kappa shape index (κ1) is 11.8. The third-order valence-electron chi connectivity index (χ3n) is 1.95. The lowest BCUT2D eigenvalue weighted by Crippen LogP contribution is -2.10. The molecule has 0 atom stereocenters. The van der Waals surface area contributed by atoms with Crippen LogP contribution < -0.4 is 4.74 Å². The average molecular weight is 217 g/mol. The van der Waals surface area contributed by atoms with Gasteiger partial charge in [0.2, 0.25) is 0 Å². The van der Waals surface area contributed by atoms with Gasteiger partial charge in [0.1, 0.15) is 12.4 Å². The third-order valence-corrected chi connectivity index (χ3v) is 1.95. The molecule has 15 heavy (non-hydrogen) atoms. The lowest BCUT2D eigenvalue weighted by Gasteiger charge is -2.12. The van der Waals surface area contributed by atoms with Crippen molar-refractivity contribution in [3.05, 3.63) is 23.5 Å². The Morgan fingerprint density at radius 2 is 2.07 bits per heavy atom. The number of aliphatic hydroxyl groups is 1. The lowest BCUT2D eigenvalue weighted by molar-refractivity contribution is 0.0800. The van der Waals surface area contributed by atoms with E-state index in [2.05, 4.69) is 4.98 Å². The Balaban J connectivity index is 2.89. The molecule has 0 aliphatic heterocycles. The number of hydrogen-bond acceptors (Lipinski definition) is 3. The molecule has 0 radical (unpaired) electrons. The zero-order chi connectivity index (χ0) is 11.3. The molecule has 5 heteroatoms. The van der Waals surface area contributed by atoms with E-state index in [1.54, 1.807) is 6.20 Å². The van der Waals surface area contributed by atoms with Crippen LogP contribution in [0.15, 0.2) is 12.4 Å². The highest BCUT2D eigenvalue weighted by Gasteiger charge is 2.11. The van der Waals surface area contributed by atoms with Crippen molar-refractivity contribution in [2.75, 3.05) is 6.61 Å². The average Bonchev–Trinajstić information content (AvgIpc) is 2.25. The Kier molecular flexibility index (Phi) is 4.42. The fourth-order valence-corrected chi connectivity index (χ4v) is 1.24. The minimum Gasteiger partial charge on any atom is -0.487 e. The van der Waals surface area contributed by atoms with Crippen molar-refractivity contribution >= 4 is 0 Å². The quantitative estimate of drug-likeness (QED) is 0.817. The summed E-state index contributed by atoms with van der Waals surface area (Å²) < 4.78 is 28.9. The summed E-state index contributed by atoms with van der Waals surface area (Å²) in [6.45, 7) is 0.941.